The van der Waals surface area contributed by atoms with Crippen molar-refractivity contribution in [2.45, 2.75) is 26.2 Å². The fourth-order valence-corrected chi connectivity index (χ4v) is 4.75. The molecule has 1 atom stereocenters. The maximum Gasteiger partial charge on any atom is 0.227 e. The molecule has 0 aliphatic carbocycles. The molecule has 7 heteroatoms. The SMILES string of the molecule is CCN(C(=O)C[C@H]1CCCS(=O)(=O)C1)c1ccc(Cl)cc1F. The number of rotatable bonds is 4. The van der Waals surface area contributed by atoms with Crippen molar-refractivity contribution in [2.24, 2.45) is 5.92 Å². The minimum absolute atomic E-state index is 0.0411. The molecule has 1 heterocycles. The lowest BCUT2D eigenvalue weighted by Gasteiger charge is -2.26. The summed E-state index contributed by atoms with van der Waals surface area (Å²) >= 11 is 5.72. The molecule has 1 amide bonds. The number of sulfone groups is 1. The van der Waals surface area contributed by atoms with Crippen molar-refractivity contribution < 1.29 is 17.6 Å². The number of hydrogen-bond acceptors (Lipinski definition) is 3. The van der Waals surface area contributed by atoms with Crippen LogP contribution in [0.3, 0.4) is 0 Å². The van der Waals surface area contributed by atoms with Gasteiger partial charge in [0.25, 0.3) is 0 Å². The fourth-order valence-electron chi connectivity index (χ4n) is 2.82. The first kappa shape index (κ1) is 17.2. The normalized spacial score (nSPS) is 20.6. The quantitative estimate of drug-likeness (QED) is 0.841. The topological polar surface area (TPSA) is 54.5 Å². The highest BCUT2D eigenvalue weighted by Crippen LogP contribution is 2.26. The third-order valence-corrected chi connectivity index (χ3v) is 5.96. The minimum Gasteiger partial charge on any atom is -0.310 e. The Morgan fingerprint density at radius 2 is 2.18 bits per heavy atom. The van der Waals surface area contributed by atoms with Gasteiger partial charge in [0.2, 0.25) is 5.91 Å². The Bertz CT molecular complexity index is 663. The maximum absolute atomic E-state index is 14.0. The molecule has 22 heavy (non-hydrogen) atoms. The lowest BCUT2D eigenvalue weighted by Crippen LogP contribution is -2.35. The summed E-state index contributed by atoms with van der Waals surface area (Å²) in [5.41, 5.74) is 0.176. The lowest BCUT2D eigenvalue weighted by molar-refractivity contribution is -0.119. The highest BCUT2D eigenvalue weighted by atomic mass is 35.5. The van der Waals surface area contributed by atoms with Gasteiger partial charge in [-0.15, -0.1) is 0 Å². The summed E-state index contributed by atoms with van der Waals surface area (Å²) in [6.45, 7) is 2.07. The van der Waals surface area contributed by atoms with Crippen molar-refractivity contribution in [3.05, 3.63) is 29.0 Å². The van der Waals surface area contributed by atoms with Crippen molar-refractivity contribution in [3.8, 4) is 0 Å². The van der Waals surface area contributed by atoms with Crippen LogP contribution in [-0.4, -0.2) is 32.4 Å². The molecule has 0 spiro atoms. The summed E-state index contributed by atoms with van der Waals surface area (Å²) in [5.74, 6) is -0.763. The van der Waals surface area contributed by atoms with E-state index in [4.69, 9.17) is 11.6 Å². The van der Waals surface area contributed by atoms with E-state index in [9.17, 15) is 17.6 Å². The van der Waals surface area contributed by atoms with Gasteiger partial charge in [-0.25, -0.2) is 12.8 Å². The predicted octanol–water partition coefficient (Wildman–Crippen LogP) is 3.05. The Labute approximate surface area is 135 Å². The molecule has 0 aromatic heterocycles. The van der Waals surface area contributed by atoms with Gasteiger partial charge in [-0.1, -0.05) is 11.6 Å². The molecule has 1 fully saturated rings. The Kier molecular flexibility index (Phi) is 5.45. The van der Waals surface area contributed by atoms with Crippen molar-refractivity contribution in [1.29, 1.82) is 0 Å². The molecule has 0 N–H and O–H groups in total. The van der Waals surface area contributed by atoms with Gasteiger partial charge in [-0.3, -0.25) is 4.79 Å². The van der Waals surface area contributed by atoms with Crippen LogP contribution in [0.15, 0.2) is 18.2 Å². The van der Waals surface area contributed by atoms with Gasteiger partial charge >= 0.3 is 0 Å². The molecule has 2 rings (SSSR count). The Morgan fingerprint density at radius 1 is 1.45 bits per heavy atom. The zero-order valence-corrected chi connectivity index (χ0v) is 14.0. The zero-order chi connectivity index (χ0) is 16.3. The summed E-state index contributed by atoms with van der Waals surface area (Å²) in [5, 5.41) is 0.267. The molecule has 1 aromatic rings. The molecule has 0 radical (unpaired) electrons. The Hall–Kier alpha value is -1.14. The largest absolute Gasteiger partial charge is 0.310 e. The van der Waals surface area contributed by atoms with E-state index >= 15 is 0 Å². The fraction of sp³-hybridized carbons (Fsp3) is 0.533. The lowest BCUT2D eigenvalue weighted by atomic mass is 10.0. The molecule has 0 unspecified atom stereocenters. The van der Waals surface area contributed by atoms with Crippen LogP contribution in [-0.2, 0) is 14.6 Å². The highest BCUT2D eigenvalue weighted by molar-refractivity contribution is 7.91. The number of benzene rings is 1. The van der Waals surface area contributed by atoms with Crippen LogP contribution < -0.4 is 4.90 Å². The van der Waals surface area contributed by atoms with Crippen molar-refractivity contribution in [3.63, 3.8) is 0 Å². The highest BCUT2D eigenvalue weighted by Gasteiger charge is 2.28. The van der Waals surface area contributed by atoms with Crippen LogP contribution in [0, 0.1) is 11.7 Å². The number of halogens is 2. The molecule has 0 saturated carbocycles. The molecule has 4 nitrogen and oxygen atoms in total. The third kappa shape index (κ3) is 4.20. The van der Waals surface area contributed by atoms with Crippen LogP contribution in [0.25, 0.3) is 0 Å². The van der Waals surface area contributed by atoms with Gasteiger partial charge < -0.3 is 4.90 Å². The first-order chi connectivity index (χ1) is 10.3. The third-order valence-electron chi connectivity index (χ3n) is 3.84. The van der Waals surface area contributed by atoms with Crippen LogP contribution >= 0.6 is 11.6 Å². The van der Waals surface area contributed by atoms with Gasteiger partial charge in [0, 0.05) is 18.0 Å². The standard InChI is InChI=1S/C15H19ClFNO3S/c1-2-18(14-6-5-12(16)9-13(14)17)15(19)8-11-4-3-7-22(20,21)10-11/h5-6,9,11H,2-4,7-8,10H2,1H3/t11-/m1/s1. The smallest absolute Gasteiger partial charge is 0.227 e. The van der Waals surface area contributed by atoms with Crippen LogP contribution in [0.5, 0.6) is 0 Å². The number of amides is 1. The average molecular weight is 348 g/mol. The van der Waals surface area contributed by atoms with E-state index in [-0.39, 0.29) is 40.5 Å². The maximum atomic E-state index is 14.0. The molecule has 1 aliphatic heterocycles. The number of carbonyl (C=O) groups excluding carboxylic acids is 1. The van der Waals surface area contributed by atoms with E-state index < -0.39 is 15.7 Å². The number of anilines is 1. The van der Waals surface area contributed by atoms with Gasteiger partial charge in [-0.2, -0.15) is 0 Å². The first-order valence-electron chi connectivity index (χ1n) is 7.28. The summed E-state index contributed by atoms with van der Waals surface area (Å²) in [6, 6.07) is 4.16. The average Bonchev–Trinajstić information content (AvgIpc) is 2.40. The summed E-state index contributed by atoms with van der Waals surface area (Å²) < 4.78 is 37.3. The summed E-state index contributed by atoms with van der Waals surface area (Å²) in [4.78, 5) is 13.8. The van der Waals surface area contributed by atoms with Crippen LogP contribution in [0.2, 0.25) is 5.02 Å². The molecule has 1 aromatic carbocycles. The van der Waals surface area contributed by atoms with E-state index in [1.807, 2.05) is 0 Å². The number of hydrogen-bond donors (Lipinski definition) is 0. The predicted molar refractivity (Wildman–Crippen MR) is 85.4 cm³/mol. The van der Waals surface area contributed by atoms with Gasteiger partial charge in [0.15, 0.2) is 9.84 Å². The summed E-state index contributed by atoms with van der Waals surface area (Å²) in [7, 11) is -3.05. The monoisotopic (exact) mass is 347 g/mol. The van der Waals surface area contributed by atoms with Crippen LogP contribution in [0.1, 0.15) is 26.2 Å². The van der Waals surface area contributed by atoms with E-state index in [2.05, 4.69) is 0 Å². The number of nitrogens with zero attached hydrogens (tertiary/aromatic N) is 1. The van der Waals surface area contributed by atoms with Crippen molar-refractivity contribution in [2.75, 3.05) is 23.0 Å². The van der Waals surface area contributed by atoms with E-state index in [1.165, 1.54) is 17.0 Å². The second-order valence-corrected chi connectivity index (χ2v) is 8.23. The summed E-state index contributed by atoms with van der Waals surface area (Å²) in [6.07, 6.45) is 1.42. The molecule has 122 valence electrons. The second-order valence-electron chi connectivity index (χ2n) is 5.56. The zero-order valence-electron chi connectivity index (χ0n) is 12.4. The molecular weight excluding hydrogens is 329 g/mol. The Balaban J connectivity index is 2.12. The Morgan fingerprint density at radius 3 is 2.77 bits per heavy atom. The van der Waals surface area contributed by atoms with E-state index in [0.29, 0.717) is 19.4 Å². The van der Waals surface area contributed by atoms with E-state index in [1.54, 1.807) is 6.92 Å². The molecular formula is C15H19ClFNO3S. The van der Waals surface area contributed by atoms with Crippen molar-refractivity contribution in [1.82, 2.24) is 0 Å². The molecule has 1 saturated heterocycles. The van der Waals surface area contributed by atoms with Crippen molar-refractivity contribution >= 4 is 33.0 Å². The molecule has 1 aliphatic rings. The van der Waals surface area contributed by atoms with Crippen LogP contribution in [0.4, 0.5) is 10.1 Å². The molecule has 0 bridgehead atoms. The number of carbonyl (C=O) groups is 1. The second kappa shape index (κ2) is 6.96. The van der Waals surface area contributed by atoms with E-state index in [0.717, 1.165) is 6.07 Å². The van der Waals surface area contributed by atoms with Gasteiger partial charge in [0.05, 0.1) is 17.2 Å². The minimum atomic E-state index is -3.05. The first-order valence-corrected chi connectivity index (χ1v) is 9.48. The van der Waals surface area contributed by atoms with Gasteiger partial charge in [-0.05, 0) is 43.9 Å². The van der Waals surface area contributed by atoms with Gasteiger partial charge in [0.1, 0.15) is 5.82 Å².